The number of carbonyl (C=O) groups excluding carboxylic acids is 2. The van der Waals surface area contributed by atoms with Gasteiger partial charge in [0.05, 0.1) is 25.8 Å². The van der Waals surface area contributed by atoms with Gasteiger partial charge in [-0.1, -0.05) is 18.2 Å². The molecule has 6 heteroatoms. The normalized spacial score (nSPS) is 11.4. The highest BCUT2D eigenvalue weighted by atomic mass is 16.5. The Balaban J connectivity index is 1.98. The van der Waals surface area contributed by atoms with Crippen molar-refractivity contribution in [2.75, 3.05) is 20.8 Å². The van der Waals surface area contributed by atoms with Crippen LogP contribution in [0.2, 0.25) is 0 Å². The molecule has 2 aromatic carbocycles. The molecule has 1 atom stereocenters. The van der Waals surface area contributed by atoms with Gasteiger partial charge in [-0.3, -0.25) is 4.79 Å². The number of esters is 1. The lowest BCUT2D eigenvalue weighted by molar-refractivity contribution is -0.123. The molecule has 0 aromatic heterocycles. The summed E-state index contributed by atoms with van der Waals surface area (Å²) in [7, 11) is 2.77. The first-order valence-electron chi connectivity index (χ1n) is 8.61. The van der Waals surface area contributed by atoms with Gasteiger partial charge in [-0.05, 0) is 55.7 Å². The Morgan fingerprint density at radius 1 is 1.00 bits per heavy atom. The molecule has 2 aromatic rings. The monoisotopic (exact) mass is 371 g/mol. The van der Waals surface area contributed by atoms with E-state index in [0.717, 1.165) is 5.56 Å². The van der Waals surface area contributed by atoms with Crippen LogP contribution >= 0.6 is 0 Å². The second kappa shape index (κ2) is 9.07. The van der Waals surface area contributed by atoms with Crippen molar-refractivity contribution in [3.63, 3.8) is 0 Å². The summed E-state index contributed by atoms with van der Waals surface area (Å²) in [5.74, 6) is 0.00618. The van der Waals surface area contributed by atoms with Crippen molar-refractivity contribution in [3.8, 4) is 11.5 Å². The molecule has 2 rings (SSSR count). The molecular weight excluding hydrogens is 346 g/mol. The number of methoxy groups -OCH3 is 2. The van der Waals surface area contributed by atoms with Gasteiger partial charge in [0.25, 0.3) is 5.91 Å². The zero-order chi connectivity index (χ0) is 20.0. The maximum absolute atomic E-state index is 12.2. The molecule has 0 saturated heterocycles. The maximum atomic E-state index is 12.2. The van der Waals surface area contributed by atoms with Crippen LogP contribution < -0.4 is 14.8 Å². The summed E-state index contributed by atoms with van der Waals surface area (Å²) < 4.78 is 15.4. The van der Waals surface area contributed by atoms with Gasteiger partial charge >= 0.3 is 5.97 Å². The highest BCUT2D eigenvalue weighted by Gasteiger charge is 2.14. The van der Waals surface area contributed by atoms with Crippen LogP contribution in [0.4, 0.5) is 0 Å². The number of hydrogen-bond donors (Lipinski definition) is 1. The van der Waals surface area contributed by atoms with Crippen molar-refractivity contribution in [1.29, 1.82) is 0 Å². The number of nitrogens with one attached hydrogen (secondary N) is 1. The summed E-state index contributed by atoms with van der Waals surface area (Å²) in [5.41, 5.74) is 3.77. The quantitative estimate of drug-likeness (QED) is 0.756. The lowest BCUT2D eigenvalue weighted by atomic mass is 10.0. The molecule has 0 fully saturated rings. The second-order valence-corrected chi connectivity index (χ2v) is 6.28. The molecule has 1 amide bonds. The fourth-order valence-corrected chi connectivity index (χ4v) is 2.58. The fraction of sp³-hybridized carbons (Fsp3) is 0.333. The van der Waals surface area contributed by atoms with Crippen molar-refractivity contribution < 1.29 is 23.8 Å². The first kappa shape index (κ1) is 20.3. The average molecular weight is 371 g/mol. The van der Waals surface area contributed by atoms with E-state index >= 15 is 0 Å². The summed E-state index contributed by atoms with van der Waals surface area (Å²) in [5, 5.41) is 2.91. The van der Waals surface area contributed by atoms with Gasteiger partial charge in [0.15, 0.2) is 18.1 Å². The number of rotatable bonds is 7. The van der Waals surface area contributed by atoms with Crippen molar-refractivity contribution in [2.45, 2.75) is 26.8 Å². The molecule has 0 heterocycles. The lowest BCUT2D eigenvalue weighted by Crippen LogP contribution is -2.31. The van der Waals surface area contributed by atoms with Crippen molar-refractivity contribution >= 4 is 11.9 Å². The number of carbonyl (C=O) groups is 2. The number of amides is 1. The van der Waals surface area contributed by atoms with Gasteiger partial charge in [-0.15, -0.1) is 0 Å². The summed E-state index contributed by atoms with van der Waals surface area (Å²) in [4.78, 5) is 23.8. The Kier molecular flexibility index (Phi) is 6.82. The van der Waals surface area contributed by atoms with E-state index < -0.39 is 5.97 Å². The molecule has 0 aliphatic rings. The van der Waals surface area contributed by atoms with Gasteiger partial charge in [-0.2, -0.15) is 0 Å². The Hall–Kier alpha value is -3.02. The summed E-state index contributed by atoms with van der Waals surface area (Å²) in [6.07, 6.45) is 0. The zero-order valence-corrected chi connectivity index (χ0v) is 16.3. The van der Waals surface area contributed by atoms with Crippen LogP contribution in [0, 0.1) is 13.8 Å². The van der Waals surface area contributed by atoms with Crippen LogP contribution in [0.3, 0.4) is 0 Å². The third kappa shape index (κ3) is 5.23. The van der Waals surface area contributed by atoms with E-state index in [1.54, 1.807) is 12.1 Å². The molecule has 0 bridgehead atoms. The Bertz CT molecular complexity index is 831. The van der Waals surface area contributed by atoms with E-state index in [-0.39, 0.29) is 18.6 Å². The topological polar surface area (TPSA) is 73.9 Å². The predicted molar refractivity (Wildman–Crippen MR) is 102 cm³/mol. The zero-order valence-electron chi connectivity index (χ0n) is 16.3. The molecule has 144 valence electrons. The molecule has 1 N–H and O–H groups in total. The molecule has 1 unspecified atom stereocenters. The Labute approximate surface area is 159 Å². The van der Waals surface area contributed by atoms with Crippen molar-refractivity contribution in [1.82, 2.24) is 5.32 Å². The van der Waals surface area contributed by atoms with Crippen LogP contribution in [-0.4, -0.2) is 32.7 Å². The van der Waals surface area contributed by atoms with Gasteiger partial charge in [0.1, 0.15) is 0 Å². The maximum Gasteiger partial charge on any atom is 0.337 e. The highest BCUT2D eigenvalue weighted by molar-refractivity contribution is 5.90. The minimum Gasteiger partial charge on any atom is -0.493 e. The third-order valence-corrected chi connectivity index (χ3v) is 4.35. The van der Waals surface area contributed by atoms with E-state index in [9.17, 15) is 9.59 Å². The van der Waals surface area contributed by atoms with Gasteiger partial charge in [-0.25, -0.2) is 4.79 Å². The fourth-order valence-electron chi connectivity index (χ4n) is 2.58. The lowest BCUT2D eigenvalue weighted by Gasteiger charge is -2.16. The summed E-state index contributed by atoms with van der Waals surface area (Å²) in [6, 6.07) is 10.6. The summed E-state index contributed by atoms with van der Waals surface area (Å²) in [6.45, 7) is 5.85. The first-order valence-corrected chi connectivity index (χ1v) is 8.61. The van der Waals surface area contributed by atoms with E-state index in [1.807, 2.05) is 26.0 Å². The van der Waals surface area contributed by atoms with Gasteiger partial charge < -0.3 is 19.5 Å². The smallest absolute Gasteiger partial charge is 0.337 e. The molecule has 0 spiro atoms. The SMILES string of the molecule is COC(=O)c1ccc(OCC(=O)NC(C)c2ccc(C)c(C)c2)c(OC)c1. The minimum atomic E-state index is -0.472. The van der Waals surface area contributed by atoms with Crippen LogP contribution in [0.25, 0.3) is 0 Å². The molecule has 6 nitrogen and oxygen atoms in total. The minimum absolute atomic E-state index is 0.135. The third-order valence-electron chi connectivity index (χ3n) is 4.35. The van der Waals surface area contributed by atoms with Crippen LogP contribution in [0.5, 0.6) is 11.5 Å². The average Bonchev–Trinajstić information content (AvgIpc) is 2.67. The van der Waals surface area contributed by atoms with Crippen LogP contribution in [0.1, 0.15) is 40.0 Å². The first-order chi connectivity index (χ1) is 12.8. The molecule has 0 radical (unpaired) electrons. The van der Waals surface area contributed by atoms with E-state index in [2.05, 4.69) is 23.0 Å². The Morgan fingerprint density at radius 3 is 2.37 bits per heavy atom. The molecule has 0 saturated carbocycles. The van der Waals surface area contributed by atoms with E-state index in [0.29, 0.717) is 17.1 Å². The largest absolute Gasteiger partial charge is 0.493 e. The molecule has 27 heavy (non-hydrogen) atoms. The van der Waals surface area contributed by atoms with Crippen molar-refractivity contribution in [3.05, 3.63) is 58.7 Å². The van der Waals surface area contributed by atoms with E-state index in [4.69, 9.17) is 9.47 Å². The van der Waals surface area contributed by atoms with Crippen LogP contribution in [-0.2, 0) is 9.53 Å². The molecule has 0 aliphatic heterocycles. The second-order valence-electron chi connectivity index (χ2n) is 6.28. The Morgan fingerprint density at radius 2 is 1.74 bits per heavy atom. The standard InChI is InChI=1S/C21H25NO5/c1-13-6-7-16(10-14(13)2)15(3)22-20(23)12-27-18-9-8-17(21(24)26-5)11-19(18)25-4/h6-11,15H,12H2,1-5H3,(H,22,23). The summed E-state index contributed by atoms with van der Waals surface area (Å²) >= 11 is 0. The van der Waals surface area contributed by atoms with Gasteiger partial charge in [0, 0.05) is 0 Å². The van der Waals surface area contributed by atoms with Gasteiger partial charge in [0.2, 0.25) is 0 Å². The molecular formula is C21H25NO5. The van der Waals surface area contributed by atoms with E-state index in [1.165, 1.54) is 31.4 Å². The number of aryl methyl sites for hydroxylation is 2. The molecule has 0 aliphatic carbocycles. The number of benzene rings is 2. The highest BCUT2D eigenvalue weighted by Crippen LogP contribution is 2.28. The number of hydrogen-bond acceptors (Lipinski definition) is 5. The number of ether oxygens (including phenoxy) is 3. The van der Waals surface area contributed by atoms with Crippen molar-refractivity contribution in [2.24, 2.45) is 0 Å². The predicted octanol–water partition coefficient (Wildman–Crippen LogP) is 3.35. The van der Waals surface area contributed by atoms with Crippen LogP contribution in [0.15, 0.2) is 36.4 Å².